The first-order valence-corrected chi connectivity index (χ1v) is 4.14. The molecule has 1 heterocycles. The molecule has 1 aromatic rings. The molecule has 0 spiro atoms. The van der Waals surface area contributed by atoms with Crippen LogP contribution in [-0.2, 0) is 0 Å². The maximum absolute atomic E-state index is 11.2. The minimum Gasteiger partial charge on any atom is -0.396 e. The molecule has 0 bridgehead atoms. The highest BCUT2D eigenvalue weighted by molar-refractivity contribution is 4.96. The molecule has 0 aliphatic heterocycles. The standard InChI is InChI=1S/C8H10N2O3/c11-4-5-3-6(5)10-2-1-7(12)9-8(10)13/h1-2,5-6,11H,3-4H2,(H,9,12,13)/t5-,6-/m0/s1. The molecule has 0 radical (unpaired) electrons. The van der Waals surface area contributed by atoms with E-state index in [0.29, 0.717) is 0 Å². The van der Waals surface area contributed by atoms with E-state index in [0.717, 1.165) is 6.42 Å². The van der Waals surface area contributed by atoms with Crippen LogP contribution in [0.4, 0.5) is 0 Å². The zero-order valence-corrected chi connectivity index (χ0v) is 6.93. The minimum absolute atomic E-state index is 0.0642. The first kappa shape index (κ1) is 8.25. The summed E-state index contributed by atoms with van der Waals surface area (Å²) in [6, 6.07) is 1.38. The Bertz CT molecular complexity index is 420. The van der Waals surface area contributed by atoms with Gasteiger partial charge in [-0.25, -0.2) is 4.79 Å². The first-order valence-electron chi connectivity index (χ1n) is 4.14. The number of nitrogens with one attached hydrogen (secondary N) is 1. The number of H-pyrrole nitrogens is 1. The van der Waals surface area contributed by atoms with Gasteiger partial charge >= 0.3 is 5.69 Å². The maximum Gasteiger partial charge on any atom is 0.328 e. The lowest BCUT2D eigenvalue weighted by Gasteiger charge is -2.01. The van der Waals surface area contributed by atoms with Crippen molar-refractivity contribution in [3.63, 3.8) is 0 Å². The average molecular weight is 182 g/mol. The Morgan fingerprint density at radius 1 is 1.62 bits per heavy atom. The molecule has 70 valence electrons. The molecule has 2 rings (SSSR count). The Labute approximate surface area is 73.7 Å². The summed E-state index contributed by atoms with van der Waals surface area (Å²) in [4.78, 5) is 24.1. The van der Waals surface area contributed by atoms with Crippen LogP contribution in [0.15, 0.2) is 21.9 Å². The zero-order valence-electron chi connectivity index (χ0n) is 6.93. The molecule has 13 heavy (non-hydrogen) atoms. The fraction of sp³-hybridized carbons (Fsp3) is 0.500. The van der Waals surface area contributed by atoms with Crippen LogP contribution in [0.25, 0.3) is 0 Å². The lowest BCUT2D eigenvalue weighted by atomic mass is 10.4. The van der Waals surface area contributed by atoms with Crippen LogP contribution < -0.4 is 11.2 Å². The number of rotatable bonds is 2. The van der Waals surface area contributed by atoms with Gasteiger partial charge in [-0.05, 0) is 6.42 Å². The van der Waals surface area contributed by atoms with Crippen molar-refractivity contribution >= 4 is 0 Å². The number of aliphatic hydroxyl groups excluding tert-OH is 1. The molecular weight excluding hydrogens is 172 g/mol. The predicted molar refractivity (Wildman–Crippen MR) is 45.6 cm³/mol. The highest BCUT2D eigenvalue weighted by Crippen LogP contribution is 2.41. The molecule has 2 N–H and O–H groups in total. The highest BCUT2D eigenvalue weighted by Gasteiger charge is 2.38. The van der Waals surface area contributed by atoms with Crippen LogP contribution in [0.5, 0.6) is 0 Å². The molecule has 2 atom stereocenters. The number of aliphatic hydroxyl groups is 1. The lowest BCUT2D eigenvalue weighted by molar-refractivity contribution is 0.268. The second-order valence-corrected chi connectivity index (χ2v) is 3.26. The summed E-state index contributed by atoms with van der Waals surface area (Å²) in [6.45, 7) is 0.0935. The Morgan fingerprint density at radius 3 is 2.92 bits per heavy atom. The molecule has 0 saturated heterocycles. The molecule has 0 unspecified atom stereocenters. The number of hydrogen-bond donors (Lipinski definition) is 2. The van der Waals surface area contributed by atoms with Crippen LogP contribution in [-0.4, -0.2) is 21.3 Å². The van der Waals surface area contributed by atoms with Crippen molar-refractivity contribution in [1.29, 1.82) is 0 Å². The summed E-state index contributed by atoms with van der Waals surface area (Å²) in [7, 11) is 0. The summed E-state index contributed by atoms with van der Waals surface area (Å²) in [5.41, 5.74) is -0.782. The Hall–Kier alpha value is -1.36. The number of nitrogens with zero attached hydrogens (tertiary/aromatic N) is 1. The summed E-state index contributed by atoms with van der Waals surface area (Å²) in [5, 5.41) is 8.80. The first-order chi connectivity index (χ1) is 6.22. The van der Waals surface area contributed by atoms with Gasteiger partial charge in [0.05, 0.1) is 0 Å². The normalized spacial score (nSPS) is 25.9. The van der Waals surface area contributed by atoms with E-state index in [1.165, 1.54) is 16.8 Å². The van der Waals surface area contributed by atoms with Gasteiger partial charge in [-0.2, -0.15) is 0 Å². The van der Waals surface area contributed by atoms with E-state index in [4.69, 9.17) is 5.11 Å². The Morgan fingerprint density at radius 2 is 2.38 bits per heavy atom. The fourth-order valence-corrected chi connectivity index (χ4v) is 1.46. The zero-order chi connectivity index (χ0) is 9.42. The van der Waals surface area contributed by atoms with Gasteiger partial charge in [-0.3, -0.25) is 14.3 Å². The molecule has 0 amide bonds. The number of aromatic amines is 1. The van der Waals surface area contributed by atoms with Crippen molar-refractivity contribution in [2.45, 2.75) is 12.5 Å². The van der Waals surface area contributed by atoms with Gasteiger partial charge in [0.15, 0.2) is 0 Å². The van der Waals surface area contributed by atoms with Gasteiger partial charge in [0.25, 0.3) is 5.56 Å². The molecule has 5 heteroatoms. The van der Waals surface area contributed by atoms with Crippen molar-refractivity contribution < 1.29 is 5.11 Å². The van der Waals surface area contributed by atoms with E-state index in [1.807, 2.05) is 0 Å². The topological polar surface area (TPSA) is 75.1 Å². The molecule has 1 aromatic heterocycles. The van der Waals surface area contributed by atoms with Gasteiger partial charge in [0, 0.05) is 30.8 Å². The Kier molecular flexibility index (Phi) is 1.81. The molecule has 0 aromatic carbocycles. The third-order valence-electron chi connectivity index (χ3n) is 2.33. The van der Waals surface area contributed by atoms with E-state index in [2.05, 4.69) is 4.98 Å². The van der Waals surface area contributed by atoms with Gasteiger partial charge in [0.1, 0.15) is 0 Å². The van der Waals surface area contributed by atoms with E-state index >= 15 is 0 Å². The fourth-order valence-electron chi connectivity index (χ4n) is 1.46. The molecule has 5 nitrogen and oxygen atoms in total. The second kappa shape index (κ2) is 2.85. The van der Waals surface area contributed by atoms with E-state index in [9.17, 15) is 9.59 Å². The van der Waals surface area contributed by atoms with Crippen molar-refractivity contribution in [3.8, 4) is 0 Å². The van der Waals surface area contributed by atoms with Crippen LogP contribution in [0, 0.1) is 5.92 Å². The van der Waals surface area contributed by atoms with Crippen molar-refractivity contribution in [2.24, 2.45) is 5.92 Å². The van der Waals surface area contributed by atoms with Gasteiger partial charge in [0.2, 0.25) is 0 Å². The maximum atomic E-state index is 11.2. The van der Waals surface area contributed by atoms with Crippen LogP contribution >= 0.6 is 0 Å². The number of hydrogen-bond acceptors (Lipinski definition) is 3. The van der Waals surface area contributed by atoms with Gasteiger partial charge in [-0.1, -0.05) is 0 Å². The van der Waals surface area contributed by atoms with E-state index in [1.54, 1.807) is 0 Å². The van der Waals surface area contributed by atoms with Crippen LogP contribution in [0.3, 0.4) is 0 Å². The minimum atomic E-state index is -0.395. The van der Waals surface area contributed by atoms with Crippen molar-refractivity contribution in [2.75, 3.05) is 6.61 Å². The molecule has 1 saturated carbocycles. The highest BCUT2D eigenvalue weighted by atomic mass is 16.3. The van der Waals surface area contributed by atoms with Gasteiger partial charge in [-0.15, -0.1) is 0 Å². The largest absolute Gasteiger partial charge is 0.396 e. The monoisotopic (exact) mass is 182 g/mol. The second-order valence-electron chi connectivity index (χ2n) is 3.26. The summed E-state index contributed by atoms with van der Waals surface area (Å²) in [5.74, 6) is 0.170. The smallest absolute Gasteiger partial charge is 0.328 e. The van der Waals surface area contributed by atoms with Crippen LogP contribution in [0.1, 0.15) is 12.5 Å². The van der Waals surface area contributed by atoms with Gasteiger partial charge < -0.3 is 5.11 Å². The summed E-state index contributed by atoms with van der Waals surface area (Å²) in [6.07, 6.45) is 2.28. The third kappa shape index (κ3) is 1.42. The Balaban J connectivity index is 2.33. The van der Waals surface area contributed by atoms with Crippen molar-refractivity contribution in [1.82, 2.24) is 9.55 Å². The van der Waals surface area contributed by atoms with Crippen LogP contribution in [0.2, 0.25) is 0 Å². The lowest BCUT2D eigenvalue weighted by Crippen LogP contribution is -2.28. The molecule has 1 fully saturated rings. The SMILES string of the molecule is O=c1ccn([C@H]2C[C@H]2CO)c(=O)[nH]1. The quantitative estimate of drug-likeness (QED) is 0.621. The molecule has 1 aliphatic rings. The molecular formula is C8H10N2O3. The third-order valence-corrected chi connectivity index (χ3v) is 2.33. The van der Waals surface area contributed by atoms with Crippen molar-refractivity contribution in [3.05, 3.63) is 33.1 Å². The number of aromatic nitrogens is 2. The predicted octanol–water partition coefficient (Wildman–Crippen LogP) is -0.910. The summed E-state index contributed by atoms with van der Waals surface area (Å²) < 4.78 is 1.46. The van der Waals surface area contributed by atoms with E-state index in [-0.39, 0.29) is 24.1 Å². The summed E-state index contributed by atoms with van der Waals surface area (Å²) >= 11 is 0. The average Bonchev–Trinajstić information content (AvgIpc) is 2.83. The van der Waals surface area contributed by atoms with E-state index < -0.39 is 5.69 Å². The molecule has 1 aliphatic carbocycles.